The average Bonchev–Trinajstić information content (AvgIpc) is 2.31. The summed E-state index contributed by atoms with van der Waals surface area (Å²) in [4.78, 5) is 17.1. The summed E-state index contributed by atoms with van der Waals surface area (Å²) in [5.41, 5.74) is 1.24. The smallest absolute Gasteiger partial charge is 0.306 e. The molecule has 1 aromatic rings. The van der Waals surface area contributed by atoms with Gasteiger partial charge in [0, 0.05) is 18.9 Å². The molecule has 0 amide bonds. The third-order valence-electron chi connectivity index (χ3n) is 3.09. The van der Waals surface area contributed by atoms with Gasteiger partial charge in [0.05, 0.1) is 5.92 Å². The molecule has 4 nitrogen and oxygen atoms in total. The fraction of sp³-hybridized carbons (Fsp3) is 0.500. The predicted molar refractivity (Wildman–Crippen MR) is 59.9 cm³/mol. The van der Waals surface area contributed by atoms with Crippen molar-refractivity contribution in [1.29, 1.82) is 0 Å². The summed E-state index contributed by atoms with van der Waals surface area (Å²) in [5.74, 6) is -0.794. The zero-order valence-electron chi connectivity index (χ0n) is 9.17. The fourth-order valence-corrected chi connectivity index (χ4v) is 2.08. The second-order valence-electron chi connectivity index (χ2n) is 4.24. The molecule has 16 heavy (non-hydrogen) atoms. The van der Waals surface area contributed by atoms with Crippen molar-refractivity contribution in [2.24, 2.45) is 5.92 Å². The van der Waals surface area contributed by atoms with Crippen molar-refractivity contribution in [3.63, 3.8) is 0 Å². The van der Waals surface area contributed by atoms with Crippen molar-refractivity contribution >= 4 is 5.97 Å². The van der Waals surface area contributed by atoms with E-state index < -0.39 is 5.97 Å². The van der Waals surface area contributed by atoms with E-state index >= 15 is 0 Å². The van der Waals surface area contributed by atoms with Gasteiger partial charge in [-0.3, -0.25) is 14.7 Å². The Kier molecular flexibility index (Phi) is 3.51. The molecule has 0 atom stereocenters. The Hall–Kier alpha value is -1.42. The Morgan fingerprint density at radius 1 is 1.38 bits per heavy atom. The van der Waals surface area contributed by atoms with Crippen LogP contribution >= 0.6 is 0 Å². The van der Waals surface area contributed by atoms with Crippen molar-refractivity contribution in [2.45, 2.75) is 19.4 Å². The van der Waals surface area contributed by atoms with Crippen molar-refractivity contribution in [1.82, 2.24) is 9.88 Å². The van der Waals surface area contributed by atoms with E-state index in [0.717, 1.165) is 32.5 Å². The number of pyridine rings is 1. The molecule has 0 aliphatic carbocycles. The van der Waals surface area contributed by atoms with Crippen LogP contribution in [0.1, 0.15) is 18.4 Å². The zero-order chi connectivity index (χ0) is 11.4. The van der Waals surface area contributed by atoms with Crippen LogP contribution in [0.15, 0.2) is 24.5 Å². The summed E-state index contributed by atoms with van der Waals surface area (Å²) in [6.45, 7) is 2.65. The van der Waals surface area contributed by atoms with Gasteiger partial charge in [0.15, 0.2) is 0 Å². The van der Waals surface area contributed by atoms with E-state index in [9.17, 15) is 4.79 Å². The van der Waals surface area contributed by atoms with Gasteiger partial charge in [-0.1, -0.05) is 0 Å². The number of nitrogens with zero attached hydrogens (tertiary/aromatic N) is 2. The number of aliphatic carboxylic acids is 1. The third-order valence-corrected chi connectivity index (χ3v) is 3.09. The van der Waals surface area contributed by atoms with E-state index in [1.807, 2.05) is 12.1 Å². The Labute approximate surface area is 94.9 Å². The van der Waals surface area contributed by atoms with Crippen LogP contribution in [-0.4, -0.2) is 34.0 Å². The lowest BCUT2D eigenvalue weighted by molar-refractivity contribution is -0.143. The normalized spacial score (nSPS) is 18.5. The van der Waals surface area contributed by atoms with Gasteiger partial charge in [0.1, 0.15) is 0 Å². The largest absolute Gasteiger partial charge is 0.481 e. The fourth-order valence-electron chi connectivity index (χ4n) is 2.08. The highest BCUT2D eigenvalue weighted by molar-refractivity contribution is 5.70. The van der Waals surface area contributed by atoms with E-state index in [1.165, 1.54) is 5.56 Å². The maximum absolute atomic E-state index is 10.8. The first-order valence-electron chi connectivity index (χ1n) is 5.60. The number of carboxylic acids is 1. The summed E-state index contributed by atoms with van der Waals surface area (Å²) >= 11 is 0. The first-order chi connectivity index (χ1) is 7.75. The maximum Gasteiger partial charge on any atom is 0.306 e. The molecule has 0 bridgehead atoms. The summed E-state index contributed by atoms with van der Waals surface area (Å²) in [5, 5.41) is 8.89. The summed E-state index contributed by atoms with van der Waals surface area (Å²) in [7, 11) is 0. The van der Waals surface area contributed by atoms with Crippen LogP contribution in [0.3, 0.4) is 0 Å². The van der Waals surface area contributed by atoms with E-state index in [1.54, 1.807) is 12.4 Å². The van der Waals surface area contributed by atoms with Crippen LogP contribution in [0, 0.1) is 5.92 Å². The quantitative estimate of drug-likeness (QED) is 0.836. The highest BCUT2D eigenvalue weighted by atomic mass is 16.4. The molecule has 0 unspecified atom stereocenters. The van der Waals surface area contributed by atoms with Crippen molar-refractivity contribution in [3.8, 4) is 0 Å². The van der Waals surface area contributed by atoms with E-state index in [2.05, 4.69) is 9.88 Å². The van der Waals surface area contributed by atoms with Gasteiger partial charge in [0.2, 0.25) is 0 Å². The molecule has 1 saturated heterocycles. The Bertz CT molecular complexity index is 345. The molecule has 2 rings (SSSR count). The van der Waals surface area contributed by atoms with Crippen LogP contribution in [0.4, 0.5) is 0 Å². The van der Waals surface area contributed by atoms with Gasteiger partial charge in [-0.2, -0.15) is 0 Å². The van der Waals surface area contributed by atoms with Gasteiger partial charge in [-0.15, -0.1) is 0 Å². The molecule has 0 spiro atoms. The van der Waals surface area contributed by atoms with Gasteiger partial charge in [0.25, 0.3) is 0 Å². The number of carbonyl (C=O) groups is 1. The standard InChI is InChI=1S/C12H16N2O2/c15-12(16)11-3-7-14(8-4-11)9-10-1-5-13-6-2-10/h1-2,5-6,11H,3-4,7-9H2,(H,15,16). The molecule has 0 aromatic carbocycles. The monoisotopic (exact) mass is 220 g/mol. The van der Waals surface area contributed by atoms with Gasteiger partial charge in [-0.05, 0) is 43.6 Å². The third kappa shape index (κ3) is 2.79. The topological polar surface area (TPSA) is 53.4 Å². The molecule has 1 N–H and O–H groups in total. The van der Waals surface area contributed by atoms with E-state index in [-0.39, 0.29) is 5.92 Å². The van der Waals surface area contributed by atoms with Gasteiger partial charge in [-0.25, -0.2) is 0 Å². The number of carboxylic acid groups (broad SMARTS) is 1. The minimum absolute atomic E-state index is 0.145. The molecule has 86 valence electrons. The Balaban J connectivity index is 1.84. The van der Waals surface area contributed by atoms with Crippen LogP contribution < -0.4 is 0 Å². The number of piperidine rings is 1. The van der Waals surface area contributed by atoms with Crippen molar-refractivity contribution < 1.29 is 9.90 Å². The molecule has 1 aromatic heterocycles. The SMILES string of the molecule is O=C(O)C1CCN(Cc2ccncc2)CC1. The van der Waals surface area contributed by atoms with Gasteiger partial charge >= 0.3 is 5.97 Å². The maximum atomic E-state index is 10.8. The number of hydrogen-bond acceptors (Lipinski definition) is 3. The minimum Gasteiger partial charge on any atom is -0.481 e. The molecule has 4 heteroatoms. The number of rotatable bonds is 3. The summed E-state index contributed by atoms with van der Waals surface area (Å²) < 4.78 is 0. The first-order valence-corrected chi connectivity index (χ1v) is 5.60. The molecule has 1 fully saturated rings. The number of hydrogen-bond donors (Lipinski definition) is 1. The summed E-state index contributed by atoms with van der Waals surface area (Å²) in [6.07, 6.45) is 5.11. The van der Waals surface area contributed by atoms with Crippen molar-refractivity contribution in [2.75, 3.05) is 13.1 Å². The molecular formula is C12H16N2O2. The number of aromatic nitrogens is 1. The molecular weight excluding hydrogens is 204 g/mol. The number of likely N-dealkylation sites (tertiary alicyclic amines) is 1. The van der Waals surface area contributed by atoms with Crippen LogP contribution in [0.25, 0.3) is 0 Å². The van der Waals surface area contributed by atoms with Gasteiger partial charge < -0.3 is 5.11 Å². The zero-order valence-corrected chi connectivity index (χ0v) is 9.17. The van der Waals surface area contributed by atoms with E-state index in [0.29, 0.717) is 0 Å². The van der Waals surface area contributed by atoms with Crippen LogP contribution in [0.2, 0.25) is 0 Å². The average molecular weight is 220 g/mol. The highest BCUT2D eigenvalue weighted by Crippen LogP contribution is 2.18. The second-order valence-corrected chi connectivity index (χ2v) is 4.24. The minimum atomic E-state index is -0.649. The molecule has 1 aliphatic heterocycles. The van der Waals surface area contributed by atoms with Crippen LogP contribution in [-0.2, 0) is 11.3 Å². The lowest BCUT2D eigenvalue weighted by atomic mass is 9.97. The molecule has 1 aliphatic rings. The van der Waals surface area contributed by atoms with Crippen LogP contribution in [0.5, 0.6) is 0 Å². The molecule has 0 radical (unpaired) electrons. The molecule has 0 saturated carbocycles. The highest BCUT2D eigenvalue weighted by Gasteiger charge is 2.24. The second kappa shape index (κ2) is 5.07. The van der Waals surface area contributed by atoms with E-state index in [4.69, 9.17) is 5.11 Å². The summed E-state index contributed by atoms with van der Waals surface area (Å²) in [6, 6.07) is 4.01. The Morgan fingerprint density at radius 2 is 2.00 bits per heavy atom. The first kappa shape index (κ1) is 11.1. The molecule has 2 heterocycles. The Morgan fingerprint density at radius 3 is 2.56 bits per heavy atom. The predicted octanol–water partition coefficient (Wildman–Crippen LogP) is 1.38. The lowest BCUT2D eigenvalue weighted by Crippen LogP contribution is -2.35. The van der Waals surface area contributed by atoms with Crippen molar-refractivity contribution in [3.05, 3.63) is 30.1 Å². The lowest BCUT2D eigenvalue weighted by Gasteiger charge is -2.29.